The van der Waals surface area contributed by atoms with Crippen molar-refractivity contribution in [2.24, 2.45) is 5.92 Å². The van der Waals surface area contributed by atoms with E-state index in [2.05, 4.69) is 26.3 Å². The minimum absolute atomic E-state index is 0.0245. The Hall–Kier alpha value is -2.54. The van der Waals surface area contributed by atoms with Crippen molar-refractivity contribution in [3.63, 3.8) is 0 Å². The van der Waals surface area contributed by atoms with Crippen molar-refractivity contribution in [3.05, 3.63) is 47.4 Å². The maximum absolute atomic E-state index is 13.1. The number of thiophene rings is 1. The standard InChI is InChI=1S/C20H21N5OS/c1-13-22-18(17-7-9-27-19(17)23-13)24-10-14-5-6-16(12-24)25(20(14)26)11-15-4-2-3-8-21-15/h2-4,7-9,14,16H,5-6,10-12H2,1H3/t14-,16+/m1/s1. The molecule has 3 aromatic rings. The van der Waals surface area contributed by atoms with Gasteiger partial charge in [0, 0.05) is 25.3 Å². The quantitative estimate of drug-likeness (QED) is 0.700. The molecule has 3 saturated heterocycles. The minimum atomic E-state index is 0.0245. The van der Waals surface area contributed by atoms with Crippen LogP contribution in [0.25, 0.3) is 10.2 Å². The number of hydrogen-bond donors (Lipinski definition) is 0. The molecule has 6 nitrogen and oxygen atoms in total. The van der Waals surface area contributed by atoms with Crippen molar-refractivity contribution >= 4 is 33.3 Å². The summed E-state index contributed by atoms with van der Waals surface area (Å²) in [5.41, 5.74) is 0.947. The first-order valence-corrected chi connectivity index (χ1v) is 10.2. The molecule has 0 aromatic carbocycles. The molecule has 0 N–H and O–H groups in total. The number of rotatable bonds is 3. The van der Waals surface area contributed by atoms with Gasteiger partial charge in [-0.15, -0.1) is 11.3 Å². The first kappa shape index (κ1) is 16.6. The second kappa shape index (κ2) is 6.56. The van der Waals surface area contributed by atoms with E-state index >= 15 is 0 Å². The Morgan fingerprint density at radius 2 is 2.11 bits per heavy atom. The van der Waals surface area contributed by atoms with Gasteiger partial charge in [-0.25, -0.2) is 9.97 Å². The number of hydrogen-bond acceptors (Lipinski definition) is 6. The highest BCUT2D eigenvalue weighted by Crippen LogP contribution is 2.35. The maximum Gasteiger partial charge on any atom is 0.228 e. The second-order valence-electron chi connectivity index (χ2n) is 7.35. The fraction of sp³-hybridized carbons (Fsp3) is 0.400. The Kier molecular flexibility index (Phi) is 4.04. The smallest absolute Gasteiger partial charge is 0.228 e. The van der Waals surface area contributed by atoms with Crippen LogP contribution in [0.3, 0.4) is 0 Å². The Morgan fingerprint density at radius 3 is 2.96 bits per heavy atom. The van der Waals surface area contributed by atoms with E-state index in [0.717, 1.165) is 53.5 Å². The number of nitrogens with zero attached hydrogens (tertiary/aromatic N) is 5. The molecule has 138 valence electrons. The van der Waals surface area contributed by atoms with Crippen molar-refractivity contribution in [1.82, 2.24) is 19.9 Å². The maximum atomic E-state index is 13.1. The normalized spacial score (nSPS) is 22.5. The molecule has 2 atom stereocenters. The van der Waals surface area contributed by atoms with Gasteiger partial charge >= 0.3 is 0 Å². The van der Waals surface area contributed by atoms with E-state index in [1.54, 1.807) is 17.5 Å². The van der Waals surface area contributed by atoms with E-state index in [-0.39, 0.29) is 17.9 Å². The molecule has 6 rings (SSSR count). The zero-order valence-corrected chi connectivity index (χ0v) is 16.0. The van der Waals surface area contributed by atoms with Gasteiger partial charge in [-0.3, -0.25) is 9.78 Å². The predicted molar refractivity (Wildman–Crippen MR) is 106 cm³/mol. The molecule has 3 aliphatic rings. The highest BCUT2D eigenvalue weighted by Gasteiger charge is 2.41. The molecular formula is C20H21N5OS. The van der Waals surface area contributed by atoms with Gasteiger partial charge in [-0.05, 0) is 43.3 Å². The number of aryl methyl sites for hydroxylation is 1. The summed E-state index contributed by atoms with van der Waals surface area (Å²) in [7, 11) is 0. The van der Waals surface area contributed by atoms with E-state index in [9.17, 15) is 4.79 Å². The van der Waals surface area contributed by atoms with E-state index < -0.39 is 0 Å². The third-order valence-corrected chi connectivity index (χ3v) is 6.37. The van der Waals surface area contributed by atoms with Gasteiger partial charge in [0.15, 0.2) is 0 Å². The number of carbonyl (C=O) groups is 1. The monoisotopic (exact) mass is 379 g/mol. The molecule has 0 aliphatic carbocycles. The molecule has 1 amide bonds. The zero-order valence-electron chi connectivity index (χ0n) is 15.2. The number of fused-ring (bicyclic) bond motifs is 5. The van der Waals surface area contributed by atoms with Crippen LogP contribution in [-0.4, -0.2) is 44.9 Å². The van der Waals surface area contributed by atoms with Crippen molar-refractivity contribution in [2.45, 2.75) is 32.4 Å². The number of piperidine rings is 1. The van der Waals surface area contributed by atoms with Crippen LogP contribution in [0.4, 0.5) is 5.82 Å². The molecule has 3 aliphatic heterocycles. The topological polar surface area (TPSA) is 62.2 Å². The first-order chi connectivity index (χ1) is 13.2. The molecule has 0 saturated carbocycles. The summed E-state index contributed by atoms with van der Waals surface area (Å²) in [6.45, 7) is 4.07. The number of anilines is 1. The summed E-state index contributed by atoms with van der Waals surface area (Å²) in [6.07, 6.45) is 3.78. The van der Waals surface area contributed by atoms with Gasteiger partial charge < -0.3 is 9.80 Å². The van der Waals surface area contributed by atoms with Crippen molar-refractivity contribution in [3.8, 4) is 0 Å². The Labute approximate surface area is 161 Å². The van der Waals surface area contributed by atoms with Crippen molar-refractivity contribution in [1.29, 1.82) is 0 Å². The van der Waals surface area contributed by atoms with E-state index in [0.29, 0.717) is 6.54 Å². The summed E-state index contributed by atoms with van der Waals surface area (Å²) in [6, 6.07) is 8.17. The highest BCUT2D eigenvalue weighted by atomic mass is 32.1. The molecule has 7 heteroatoms. The third-order valence-electron chi connectivity index (χ3n) is 5.57. The van der Waals surface area contributed by atoms with Crippen LogP contribution in [-0.2, 0) is 11.3 Å². The average Bonchev–Trinajstić information content (AvgIpc) is 2.98. The molecular weight excluding hydrogens is 358 g/mol. The van der Waals surface area contributed by atoms with Gasteiger partial charge in [0.05, 0.1) is 23.5 Å². The Balaban J connectivity index is 1.48. The number of aromatic nitrogens is 3. The molecule has 2 bridgehead atoms. The summed E-state index contributed by atoms with van der Waals surface area (Å²) in [5, 5.41) is 3.16. The SMILES string of the molecule is Cc1nc(N2C[C@H]3CC[C@@H](C2)N(Cc2ccccn2)C3=O)c2ccsc2n1. The molecule has 6 heterocycles. The van der Waals surface area contributed by atoms with Gasteiger partial charge in [0.2, 0.25) is 5.91 Å². The Morgan fingerprint density at radius 1 is 1.19 bits per heavy atom. The molecule has 0 spiro atoms. The number of amides is 1. The lowest BCUT2D eigenvalue weighted by molar-refractivity contribution is -0.140. The second-order valence-corrected chi connectivity index (χ2v) is 8.25. The third kappa shape index (κ3) is 2.96. The average molecular weight is 379 g/mol. The highest BCUT2D eigenvalue weighted by molar-refractivity contribution is 7.16. The summed E-state index contributed by atoms with van der Waals surface area (Å²) in [5.74, 6) is 2.04. The van der Waals surface area contributed by atoms with Crippen LogP contribution >= 0.6 is 11.3 Å². The first-order valence-electron chi connectivity index (χ1n) is 9.36. The van der Waals surface area contributed by atoms with E-state index in [4.69, 9.17) is 4.98 Å². The van der Waals surface area contributed by atoms with E-state index in [1.165, 1.54) is 0 Å². The molecule has 27 heavy (non-hydrogen) atoms. The van der Waals surface area contributed by atoms with Crippen LogP contribution in [0, 0.1) is 12.8 Å². The summed E-state index contributed by atoms with van der Waals surface area (Å²) in [4.78, 5) is 32.2. The lowest BCUT2D eigenvalue weighted by Gasteiger charge is -2.35. The van der Waals surface area contributed by atoms with E-state index in [1.807, 2.05) is 30.0 Å². The van der Waals surface area contributed by atoms with Crippen LogP contribution in [0.1, 0.15) is 24.4 Å². The lowest BCUT2D eigenvalue weighted by atomic mass is 9.94. The zero-order chi connectivity index (χ0) is 18.4. The van der Waals surface area contributed by atoms with Crippen LogP contribution in [0.15, 0.2) is 35.8 Å². The molecule has 0 radical (unpaired) electrons. The Bertz CT molecular complexity index is 988. The van der Waals surface area contributed by atoms with Crippen molar-refractivity contribution in [2.75, 3.05) is 18.0 Å². The summed E-state index contributed by atoms with van der Waals surface area (Å²) < 4.78 is 0. The van der Waals surface area contributed by atoms with Gasteiger partial charge in [0.25, 0.3) is 0 Å². The van der Waals surface area contributed by atoms with Crippen molar-refractivity contribution < 1.29 is 4.79 Å². The molecule has 3 aromatic heterocycles. The van der Waals surface area contributed by atoms with Crippen LogP contribution in [0.2, 0.25) is 0 Å². The fourth-order valence-electron chi connectivity index (χ4n) is 4.27. The van der Waals surface area contributed by atoms with Crippen LogP contribution in [0.5, 0.6) is 0 Å². The lowest BCUT2D eigenvalue weighted by Crippen LogP contribution is -2.47. The minimum Gasteiger partial charge on any atom is -0.353 e. The van der Waals surface area contributed by atoms with Crippen LogP contribution < -0.4 is 4.90 Å². The summed E-state index contributed by atoms with van der Waals surface area (Å²) >= 11 is 1.64. The van der Waals surface area contributed by atoms with Gasteiger partial charge in [-0.2, -0.15) is 0 Å². The van der Waals surface area contributed by atoms with Gasteiger partial charge in [-0.1, -0.05) is 6.07 Å². The number of carbonyl (C=O) groups excluding carboxylic acids is 1. The largest absolute Gasteiger partial charge is 0.353 e. The fourth-order valence-corrected chi connectivity index (χ4v) is 5.08. The van der Waals surface area contributed by atoms with Gasteiger partial charge in [0.1, 0.15) is 16.5 Å². The molecule has 0 unspecified atom stereocenters. The molecule has 3 fully saturated rings. The predicted octanol–water partition coefficient (Wildman–Crippen LogP) is 3.02. The number of pyridine rings is 1.